The smallest absolute Gasteiger partial charge is 0.251 e. The summed E-state index contributed by atoms with van der Waals surface area (Å²) in [5.41, 5.74) is 2.65. The number of nitrogens with one attached hydrogen (secondary N) is 1. The first-order valence-corrected chi connectivity index (χ1v) is 9.52. The summed E-state index contributed by atoms with van der Waals surface area (Å²) in [5, 5.41) is 3.63. The summed E-state index contributed by atoms with van der Waals surface area (Å²) in [6.07, 6.45) is 0. The van der Waals surface area contributed by atoms with Crippen LogP contribution in [-0.2, 0) is 6.61 Å². The summed E-state index contributed by atoms with van der Waals surface area (Å²) in [6, 6.07) is 24.8. The molecular formula is C23H23ClN2O2. The molecule has 4 nitrogen and oxygen atoms in total. The number of nitrogens with zero attached hydrogens (tertiary/aromatic N) is 1. The molecule has 0 radical (unpaired) electrons. The molecule has 0 aliphatic heterocycles. The molecule has 1 amide bonds. The maximum Gasteiger partial charge on any atom is 0.251 e. The van der Waals surface area contributed by atoms with Crippen LogP contribution in [0.25, 0.3) is 0 Å². The summed E-state index contributed by atoms with van der Waals surface area (Å²) < 4.78 is 5.75. The topological polar surface area (TPSA) is 41.6 Å². The minimum atomic E-state index is -0.0980. The van der Waals surface area contributed by atoms with E-state index in [0.717, 1.165) is 17.8 Å². The summed E-state index contributed by atoms with van der Waals surface area (Å²) in [6.45, 7) is 1.68. The number of likely N-dealkylation sites (N-methyl/N-ethyl adjacent to an activating group) is 1. The lowest BCUT2D eigenvalue weighted by Crippen LogP contribution is -2.32. The highest BCUT2D eigenvalue weighted by molar-refractivity contribution is 6.31. The average Bonchev–Trinajstić information content (AvgIpc) is 2.74. The molecule has 0 bridgehead atoms. The summed E-state index contributed by atoms with van der Waals surface area (Å²) >= 11 is 6.13. The number of hydrogen-bond donors (Lipinski definition) is 1. The second-order valence-electron chi connectivity index (χ2n) is 6.42. The van der Waals surface area contributed by atoms with Crippen LogP contribution in [0.15, 0.2) is 78.9 Å². The molecule has 3 aromatic carbocycles. The molecule has 1 N–H and O–H groups in total. The van der Waals surface area contributed by atoms with Gasteiger partial charge in [-0.05, 0) is 42.5 Å². The monoisotopic (exact) mass is 394 g/mol. The van der Waals surface area contributed by atoms with Gasteiger partial charge in [0.05, 0.1) is 0 Å². The van der Waals surface area contributed by atoms with Crippen molar-refractivity contribution in [3.05, 3.63) is 95.0 Å². The van der Waals surface area contributed by atoms with Gasteiger partial charge in [-0.15, -0.1) is 0 Å². The fourth-order valence-corrected chi connectivity index (χ4v) is 2.92. The van der Waals surface area contributed by atoms with E-state index in [-0.39, 0.29) is 5.91 Å². The van der Waals surface area contributed by atoms with Crippen LogP contribution in [0.1, 0.15) is 15.9 Å². The van der Waals surface area contributed by atoms with Gasteiger partial charge >= 0.3 is 0 Å². The van der Waals surface area contributed by atoms with Crippen molar-refractivity contribution < 1.29 is 9.53 Å². The van der Waals surface area contributed by atoms with Crippen molar-refractivity contribution in [2.45, 2.75) is 6.61 Å². The normalized spacial score (nSPS) is 10.4. The minimum Gasteiger partial charge on any atom is -0.489 e. The lowest BCUT2D eigenvalue weighted by Gasteiger charge is -2.19. The lowest BCUT2D eigenvalue weighted by atomic mass is 10.2. The largest absolute Gasteiger partial charge is 0.489 e. The molecule has 3 aromatic rings. The number of anilines is 1. The maximum absolute atomic E-state index is 12.3. The fourth-order valence-electron chi connectivity index (χ4n) is 2.73. The molecule has 0 aliphatic rings. The number of para-hydroxylation sites is 1. The lowest BCUT2D eigenvalue weighted by molar-refractivity contribution is 0.0954. The van der Waals surface area contributed by atoms with E-state index in [4.69, 9.17) is 16.3 Å². The van der Waals surface area contributed by atoms with Gasteiger partial charge in [-0.25, -0.2) is 0 Å². The number of carbonyl (C=O) groups is 1. The van der Waals surface area contributed by atoms with Crippen molar-refractivity contribution in [2.24, 2.45) is 0 Å². The Labute approximate surface area is 170 Å². The van der Waals surface area contributed by atoms with E-state index >= 15 is 0 Å². The average molecular weight is 395 g/mol. The van der Waals surface area contributed by atoms with Gasteiger partial charge in [-0.1, -0.05) is 48.0 Å². The summed E-state index contributed by atoms with van der Waals surface area (Å²) in [7, 11) is 2.01. The van der Waals surface area contributed by atoms with E-state index in [1.165, 1.54) is 0 Å². The molecule has 3 rings (SSSR count). The Hall–Kier alpha value is -2.98. The first-order valence-electron chi connectivity index (χ1n) is 9.14. The molecule has 0 atom stereocenters. The molecule has 144 valence electrons. The molecular weight excluding hydrogens is 372 g/mol. The van der Waals surface area contributed by atoms with Gasteiger partial charge in [0.1, 0.15) is 12.4 Å². The van der Waals surface area contributed by atoms with Gasteiger partial charge in [0, 0.05) is 42.0 Å². The number of halogens is 1. The molecule has 0 saturated heterocycles. The minimum absolute atomic E-state index is 0.0980. The van der Waals surface area contributed by atoms with Crippen molar-refractivity contribution >= 4 is 23.2 Å². The Morgan fingerprint density at radius 1 is 0.964 bits per heavy atom. The van der Waals surface area contributed by atoms with Crippen LogP contribution < -0.4 is 15.0 Å². The zero-order valence-corrected chi connectivity index (χ0v) is 16.5. The third-order valence-corrected chi connectivity index (χ3v) is 4.77. The van der Waals surface area contributed by atoms with Crippen LogP contribution in [0.4, 0.5) is 5.69 Å². The Kier molecular flexibility index (Phi) is 6.93. The van der Waals surface area contributed by atoms with Crippen LogP contribution >= 0.6 is 11.6 Å². The van der Waals surface area contributed by atoms with Gasteiger partial charge in [-0.3, -0.25) is 4.79 Å². The highest BCUT2D eigenvalue weighted by atomic mass is 35.5. The Balaban J connectivity index is 1.46. The zero-order chi connectivity index (χ0) is 19.8. The molecule has 28 heavy (non-hydrogen) atoms. The predicted octanol–water partition coefficient (Wildman–Crippen LogP) is 4.79. The number of carbonyl (C=O) groups excluding carboxylic acids is 1. The molecule has 0 fully saturated rings. The van der Waals surface area contributed by atoms with Crippen molar-refractivity contribution in [1.29, 1.82) is 0 Å². The highest BCUT2D eigenvalue weighted by Gasteiger charge is 2.07. The molecule has 0 unspecified atom stereocenters. The molecule has 0 heterocycles. The van der Waals surface area contributed by atoms with Crippen molar-refractivity contribution in [3.63, 3.8) is 0 Å². The zero-order valence-electron chi connectivity index (χ0n) is 15.8. The summed E-state index contributed by atoms with van der Waals surface area (Å²) in [5.74, 6) is 0.597. The summed E-state index contributed by atoms with van der Waals surface area (Å²) in [4.78, 5) is 14.4. The van der Waals surface area contributed by atoms with E-state index < -0.39 is 0 Å². The van der Waals surface area contributed by atoms with E-state index in [9.17, 15) is 4.79 Å². The predicted molar refractivity (Wildman–Crippen MR) is 114 cm³/mol. The van der Waals surface area contributed by atoms with Crippen LogP contribution in [0, 0.1) is 0 Å². The van der Waals surface area contributed by atoms with Gasteiger partial charge in [0.25, 0.3) is 5.91 Å². The van der Waals surface area contributed by atoms with E-state index in [0.29, 0.717) is 29.5 Å². The number of amides is 1. The van der Waals surface area contributed by atoms with Crippen molar-refractivity contribution in [2.75, 3.05) is 25.0 Å². The van der Waals surface area contributed by atoms with Gasteiger partial charge < -0.3 is 15.0 Å². The highest BCUT2D eigenvalue weighted by Crippen LogP contribution is 2.19. The van der Waals surface area contributed by atoms with Crippen molar-refractivity contribution in [3.8, 4) is 5.75 Å². The third-order valence-electron chi connectivity index (χ3n) is 4.40. The Morgan fingerprint density at radius 3 is 2.36 bits per heavy atom. The third kappa shape index (κ3) is 5.51. The van der Waals surface area contributed by atoms with Crippen LogP contribution in [0.5, 0.6) is 5.75 Å². The number of ether oxygens (including phenoxy) is 1. The second-order valence-corrected chi connectivity index (χ2v) is 6.82. The van der Waals surface area contributed by atoms with Gasteiger partial charge in [0.2, 0.25) is 0 Å². The molecule has 0 saturated carbocycles. The molecule has 0 aliphatic carbocycles. The standard InChI is InChI=1S/C23H23ClN2O2/c1-26(20-8-3-2-4-9-20)16-15-25-23(27)18-11-13-21(14-12-18)28-17-19-7-5-6-10-22(19)24/h2-14H,15-17H2,1H3,(H,25,27). The van der Waals surface area contributed by atoms with Crippen LogP contribution in [0.3, 0.4) is 0 Å². The maximum atomic E-state index is 12.3. The quantitative estimate of drug-likeness (QED) is 0.597. The first kappa shape index (κ1) is 19.8. The van der Waals surface area contributed by atoms with Gasteiger partial charge in [-0.2, -0.15) is 0 Å². The second kappa shape index (κ2) is 9.81. The van der Waals surface area contributed by atoms with Crippen LogP contribution in [-0.4, -0.2) is 26.0 Å². The number of hydrogen-bond acceptors (Lipinski definition) is 3. The van der Waals surface area contributed by atoms with Crippen molar-refractivity contribution in [1.82, 2.24) is 5.32 Å². The number of rotatable bonds is 8. The molecule has 0 aromatic heterocycles. The van der Waals surface area contributed by atoms with E-state index in [1.807, 2.05) is 61.6 Å². The van der Waals surface area contributed by atoms with E-state index in [1.54, 1.807) is 24.3 Å². The molecule has 0 spiro atoms. The Bertz CT molecular complexity index is 898. The van der Waals surface area contributed by atoms with E-state index in [2.05, 4.69) is 10.2 Å². The van der Waals surface area contributed by atoms with Crippen LogP contribution in [0.2, 0.25) is 5.02 Å². The number of benzene rings is 3. The first-order chi connectivity index (χ1) is 13.6. The Morgan fingerprint density at radius 2 is 1.64 bits per heavy atom. The SMILES string of the molecule is CN(CCNC(=O)c1ccc(OCc2ccccc2Cl)cc1)c1ccccc1. The fraction of sp³-hybridized carbons (Fsp3) is 0.174. The molecule has 5 heteroatoms. The van der Waals surface area contributed by atoms with Gasteiger partial charge in [0.15, 0.2) is 0 Å².